The first-order valence-corrected chi connectivity index (χ1v) is 11.2. The summed E-state index contributed by atoms with van der Waals surface area (Å²) in [7, 11) is 0. The van der Waals surface area contributed by atoms with Crippen molar-refractivity contribution in [1.82, 2.24) is 14.8 Å². The van der Waals surface area contributed by atoms with E-state index in [1.807, 2.05) is 49.6 Å². The predicted octanol–water partition coefficient (Wildman–Crippen LogP) is 3.94. The van der Waals surface area contributed by atoms with Crippen molar-refractivity contribution >= 4 is 11.8 Å². The first-order chi connectivity index (χ1) is 14.7. The molecule has 3 rings (SSSR count). The highest BCUT2D eigenvalue weighted by Crippen LogP contribution is 2.33. The lowest BCUT2D eigenvalue weighted by Crippen LogP contribution is -2.64. The lowest BCUT2D eigenvalue weighted by molar-refractivity contribution is -0.133. The molecule has 0 aromatic carbocycles. The molecule has 170 valence electrons. The minimum absolute atomic E-state index is 0.129. The summed E-state index contributed by atoms with van der Waals surface area (Å²) in [5.74, 6) is 0.901. The quantitative estimate of drug-likeness (QED) is 0.581. The normalized spacial score (nSPS) is 18.7. The van der Waals surface area contributed by atoms with Gasteiger partial charge in [0.05, 0.1) is 24.6 Å². The average Bonchev–Trinajstić information content (AvgIpc) is 3.36. The molecule has 7 nitrogen and oxygen atoms in total. The van der Waals surface area contributed by atoms with Crippen LogP contribution < -0.4 is 5.32 Å². The Labute approximate surface area is 184 Å². The molecule has 0 bridgehead atoms. The molecule has 0 aliphatic carbocycles. The van der Waals surface area contributed by atoms with Crippen molar-refractivity contribution in [2.75, 3.05) is 19.7 Å². The van der Waals surface area contributed by atoms with Crippen LogP contribution in [-0.4, -0.2) is 52.6 Å². The van der Waals surface area contributed by atoms with Gasteiger partial charge in [0.15, 0.2) is 0 Å². The molecule has 0 saturated carbocycles. The van der Waals surface area contributed by atoms with Gasteiger partial charge in [-0.15, -0.1) is 0 Å². The van der Waals surface area contributed by atoms with Gasteiger partial charge in [-0.1, -0.05) is 13.8 Å². The lowest BCUT2D eigenvalue weighted by atomic mass is 9.94. The molecule has 0 spiro atoms. The summed E-state index contributed by atoms with van der Waals surface area (Å²) < 4.78 is 13.1. The van der Waals surface area contributed by atoms with Gasteiger partial charge in [0.25, 0.3) is 5.91 Å². The summed E-state index contributed by atoms with van der Waals surface area (Å²) in [6.45, 7) is 12.0. The van der Waals surface area contributed by atoms with Crippen LogP contribution >= 0.6 is 0 Å². The zero-order valence-electron chi connectivity index (χ0n) is 19.3. The molecule has 0 saturated heterocycles. The van der Waals surface area contributed by atoms with Gasteiger partial charge >= 0.3 is 0 Å². The average molecular weight is 430 g/mol. The van der Waals surface area contributed by atoms with Gasteiger partial charge in [0.1, 0.15) is 17.0 Å². The van der Waals surface area contributed by atoms with E-state index in [0.29, 0.717) is 50.0 Å². The van der Waals surface area contributed by atoms with Crippen LogP contribution in [0.1, 0.15) is 57.9 Å². The summed E-state index contributed by atoms with van der Waals surface area (Å²) in [4.78, 5) is 28.5. The Morgan fingerprint density at radius 1 is 1.23 bits per heavy atom. The monoisotopic (exact) mass is 429 g/mol. The number of fused-ring (bicyclic) bond motifs is 1. The number of carbonyl (C=O) groups is 2. The van der Waals surface area contributed by atoms with E-state index in [1.165, 1.54) is 0 Å². The van der Waals surface area contributed by atoms with Crippen molar-refractivity contribution in [2.24, 2.45) is 5.92 Å². The highest BCUT2D eigenvalue weighted by Gasteiger charge is 2.47. The largest absolute Gasteiger partial charge is 0.463 e. The Morgan fingerprint density at radius 3 is 2.61 bits per heavy atom. The number of ether oxygens (including phenoxy) is 1. The van der Waals surface area contributed by atoms with E-state index in [4.69, 9.17) is 9.15 Å². The fourth-order valence-corrected chi connectivity index (χ4v) is 3.97. The maximum absolute atomic E-state index is 13.5. The second kappa shape index (κ2) is 9.73. The van der Waals surface area contributed by atoms with Crippen LogP contribution in [0.4, 0.5) is 0 Å². The molecule has 2 aromatic heterocycles. The maximum atomic E-state index is 13.5. The third kappa shape index (κ3) is 5.03. The molecular weight excluding hydrogens is 394 g/mol. The van der Waals surface area contributed by atoms with E-state index in [-0.39, 0.29) is 17.9 Å². The number of amides is 2. The second-order valence-electron chi connectivity index (χ2n) is 9.11. The van der Waals surface area contributed by atoms with Gasteiger partial charge in [-0.05, 0) is 63.8 Å². The molecule has 2 aromatic rings. The molecule has 3 heterocycles. The fourth-order valence-electron chi connectivity index (χ4n) is 3.97. The summed E-state index contributed by atoms with van der Waals surface area (Å²) in [5.41, 5.74) is 0.375. The smallest absolute Gasteiger partial charge is 0.271 e. The minimum atomic E-state index is -1.00. The van der Waals surface area contributed by atoms with Crippen LogP contribution in [0.25, 0.3) is 11.5 Å². The number of rotatable bonds is 10. The molecule has 1 atom stereocenters. The van der Waals surface area contributed by atoms with Gasteiger partial charge in [0, 0.05) is 19.7 Å². The summed E-state index contributed by atoms with van der Waals surface area (Å²) >= 11 is 0. The number of nitrogens with zero attached hydrogens (tertiary/aromatic N) is 2. The van der Waals surface area contributed by atoms with Crippen molar-refractivity contribution in [2.45, 2.75) is 65.6 Å². The predicted molar refractivity (Wildman–Crippen MR) is 120 cm³/mol. The highest BCUT2D eigenvalue weighted by molar-refractivity contribution is 6.00. The molecule has 1 aliphatic rings. The molecule has 1 N–H and O–H groups in total. The molecule has 31 heavy (non-hydrogen) atoms. The minimum Gasteiger partial charge on any atom is -0.463 e. The van der Waals surface area contributed by atoms with Gasteiger partial charge in [-0.2, -0.15) is 0 Å². The lowest BCUT2D eigenvalue weighted by Gasteiger charge is -2.44. The van der Waals surface area contributed by atoms with Crippen LogP contribution in [0.5, 0.6) is 0 Å². The molecule has 1 aliphatic heterocycles. The van der Waals surface area contributed by atoms with E-state index >= 15 is 0 Å². The van der Waals surface area contributed by atoms with Crippen LogP contribution in [0.2, 0.25) is 0 Å². The Hall–Kier alpha value is -2.54. The van der Waals surface area contributed by atoms with Crippen molar-refractivity contribution in [1.29, 1.82) is 0 Å². The van der Waals surface area contributed by atoms with E-state index in [0.717, 1.165) is 12.1 Å². The van der Waals surface area contributed by atoms with Gasteiger partial charge in [-0.3, -0.25) is 9.59 Å². The van der Waals surface area contributed by atoms with Crippen LogP contribution in [-0.2, 0) is 16.1 Å². The van der Waals surface area contributed by atoms with Crippen LogP contribution in [0, 0.1) is 5.92 Å². The number of nitrogens with one attached hydrogen (secondary N) is 1. The van der Waals surface area contributed by atoms with Crippen molar-refractivity contribution in [3.8, 4) is 11.5 Å². The van der Waals surface area contributed by atoms with E-state index in [1.54, 1.807) is 11.2 Å². The number of aromatic nitrogens is 1. The standard InChI is InChI=1S/C24H35N3O4/c1-17(2)11-12-25-23(29)24(5)16-26-19(21-8-6-14-31-21)9-10-20(26)22(28)27(24)13-7-15-30-18(3)4/h6,8-10,14,17-18H,7,11-13,15-16H2,1-5H3,(H,25,29)/t24-/m1/s1. The first-order valence-electron chi connectivity index (χ1n) is 11.2. The molecule has 0 fully saturated rings. The van der Waals surface area contributed by atoms with Gasteiger partial charge in [-0.25, -0.2) is 0 Å². The zero-order chi connectivity index (χ0) is 22.6. The molecule has 0 unspecified atom stereocenters. The third-order valence-electron chi connectivity index (χ3n) is 5.75. The van der Waals surface area contributed by atoms with Crippen LogP contribution in [0.3, 0.4) is 0 Å². The maximum Gasteiger partial charge on any atom is 0.271 e. The first kappa shape index (κ1) is 23.1. The number of furan rings is 1. The topological polar surface area (TPSA) is 76.7 Å². The fraction of sp³-hybridized carbons (Fsp3) is 0.583. The van der Waals surface area contributed by atoms with E-state index in [9.17, 15) is 9.59 Å². The highest BCUT2D eigenvalue weighted by atomic mass is 16.5. The second-order valence-corrected chi connectivity index (χ2v) is 9.11. The Kier molecular flexibility index (Phi) is 7.26. The Morgan fingerprint density at radius 2 is 1.97 bits per heavy atom. The number of hydrogen-bond acceptors (Lipinski definition) is 4. The molecule has 7 heteroatoms. The molecule has 2 amide bonds. The summed E-state index contributed by atoms with van der Waals surface area (Å²) in [6, 6.07) is 7.38. The van der Waals surface area contributed by atoms with Crippen molar-refractivity contribution in [3.05, 3.63) is 36.2 Å². The number of carbonyl (C=O) groups excluding carboxylic acids is 2. The molecular formula is C24H35N3O4. The third-order valence-corrected chi connectivity index (χ3v) is 5.75. The van der Waals surface area contributed by atoms with Crippen molar-refractivity contribution < 1.29 is 18.7 Å². The van der Waals surface area contributed by atoms with Gasteiger partial charge < -0.3 is 23.9 Å². The Balaban J connectivity index is 1.88. The SMILES string of the molecule is CC(C)CCNC(=O)[C@@]1(C)Cn2c(ccc2-c2ccco2)C(=O)N1CCCOC(C)C. The van der Waals surface area contributed by atoms with Gasteiger partial charge in [0.2, 0.25) is 5.91 Å². The number of hydrogen-bond donors (Lipinski definition) is 1. The molecule has 0 radical (unpaired) electrons. The Bertz CT molecular complexity index is 885. The summed E-state index contributed by atoms with van der Waals surface area (Å²) in [6.07, 6.45) is 3.31. The zero-order valence-corrected chi connectivity index (χ0v) is 19.3. The van der Waals surface area contributed by atoms with E-state index in [2.05, 4.69) is 19.2 Å². The van der Waals surface area contributed by atoms with Crippen molar-refractivity contribution in [3.63, 3.8) is 0 Å². The van der Waals surface area contributed by atoms with E-state index < -0.39 is 5.54 Å². The van der Waals surface area contributed by atoms with Crippen LogP contribution in [0.15, 0.2) is 34.9 Å². The summed E-state index contributed by atoms with van der Waals surface area (Å²) in [5, 5.41) is 3.06.